The van der Waals surface area contributed by atoms with Gasteiger partial charge in [-0.1, -0.05) is 6.92 Å². The molecule has 0 aliphatic carbocycles. The molecule has 1 aliphatic heterocycles. The van der Waals surface area contributed by atoms with E-state index in [2.05, 4.69) is 29.2 Å². The van der Waals surface area contributed by atoms with Gasteiger partial charge < -0.3 is 10.1 Å². The number of hydrogen-bond donors (Lipinski definition) is 1. The number of rotatable bonds is 6. The van der Waals surface area contributed by atoms with Crippen LogP contribution in [-0.4, -0.2) is 40.1 Å². The fraction of sp³-hybridized carbons (Fsp3) is 0.846. The molecule has 1 aliphatic rings. The molecule has 1 saturated heterocycles. The number of nitrogens with one attached hydrogen (secondary N) is 1. The van der Waals surface area contributed by atoms with Crippen LogP contribution in [0.1, 0.15) is 32.5 Å². The van der Waals surface area contributed by atoms with Crippen LogP contribution in [-0.2, 0) is 18.2 Å². The molecule has 0 bridgehead atoms. The zero-order valence-corrected chi connectivity index (χ0v) is 11.6. The van der Waals surface area contributed by atoms with E-state index in [1.165, 1.54) is 0 Å². The van der Waals surface area contributed by atoms with Crippen LogP contribution in [0.5, 0.6) is 0 Å². The maximum absolute atomic E-state index is 5.69. The Bertz CT molecular complexity index is 366. The highest BCUT2D eigenvalue weighted by Gasteiger charge is 2.32. The third kappa shape index (κ3) is 3.09. The fourth-order valence-electron chi connectivity index (χ4n) is 2.68. The number of aromatic nitrogens is 3. The lowest BCUT2D eigenvalue weighted by atomic mass is 9.91. The van der Waals surface area contributed by atoms with Crippen LogP contribution < -0.4 is 5.32 Å². The van der Waals surface area contributed by atoms with Crippen LogP contribution in [0.2, 0.25) is 0 Å². The smallest absolute Gasteiger partial charge is 0.138 e. The maximum Gasteiger partial charge on any atom is 0.138 e. The van der Waals surface area contributed by atoms with Gasteiger partial charge in [-0.25, -0.2) is 4.98 Å². The van der Waals surface area contributed by atoms with E-state index >= 15 is 0 Å². The largest absolute Gasteiger partial charge is 0.378 e. The molecule has 18 heavy (non-hydrogen) atoms. The third-order valence-electron chi connectivity index (χ3n) is 3.82. The molecule has 102 valence electrons. The summed E-state index contributed by atoms with van der Waals surface area (Å²) in [5.41, 5.74) is 0. The lowest BCUT2D eigenvalue weighted by Gasteiger charge is -2.26. The second-order valence-electron chi connectivity index (χ2n) is 5.09. The zero-order valence-electron chi connectivity index (χ0n) is 11.6. The molecule has 3 atom stereocenters. The van der Waals surface area contributed by atoms with Gasteiger partial charge in [0.1, 0.15) is 12.2 Å². The van der Waals surface area contributed by atoms with Crippen molar-refractivity contribution in [3.05, 3.63) is 12.2 Å². The Morgan fingerprint density at radius 2 is 2.44 bits per heavy atom. The van der Waals surface area contributed by atoms with Gasteiger partial charge in [-0.15, -0.1) is 0 Å². The molecule has 3 unspecified atom stereocenters. The molecule has 0 saturated carbocycles. The Hall–Kier alpha value is -0.940. The van der Waals surface area contributed by atoms with Crippen LogP contribution in [0.3, 0.4) is 0 Å². The van der Waals surface area contributed by atoms with E-state index in [-0.39, 0.29) is 0 Å². The second kappa shape index (κ2) is 6.29. The molecule has 1 aromatic rings. The highest BCUT2D eigenvalue weighted by molar-refractivity contribution is 4.94. The minimum absolute atomic E-state index is 0.340. The first-order valence-corrected chi connectivity index (χ1v) is 6.90. The molecule has 0 amide bonds. The van der Waals surface area contributed by atoms with Gasteiger partial charge in [0.25, 0.3) is 0 Å². The first-order valence-electron chi connectivity index (χ1n) is 6.90. The summed E-state index contributed by atoms with van der Waals surface area (Å²) in [6.07, 6.45) is 5.18. The Labute approximate surface area is 109 Å². The minimum Gasteiger partial charge on any atom is -0.378 e. The molecule has 2 rings (SSSR count). The summed E-state index contributed by atoms with van der Waals surface area (Å²) in [4.78, 5) is 4.33. The first kappa shape index (κ1) is 13.5. The van der Waals surface area contributed by atoms with Crippen LogP contribution >= 0.6 is 0 Å². The highest BCUT2D eigenvalue weighted by Crippen LogP contribution is 2.25. The van der Waals surface area contributed by atoms with Crippen molar-refractivity contribution in [2.75, 3.05) is 13.2 Å². The van der Waals surface area contributed by atoms with Crippen molar-refractivity contribution in [2.24, 2.45) is 13.0 Å². The van der Waals surface area contributed by atoms with E-state index in [0.29, 0.717) is 18.1 Å². The molecule has 0 radical (unpaired) electrons. The Kier molecular flexibility index (Phi) is 4.72. The first-order chi connectivity index (χ1) is 8.72. The minimum atomic E-state index is 0.340. The Balaban J connectivity index is 2.02. The summed E-state index contributed by atoms with van der Waals surface area (Å²) < 4.78 is 7.56. The predicted octanol–water partition coefficient (Wildman–Crippen LogP) is 1.15. The SMILES string of the molecule is CCCNC(Cc1ncnn1C)C1CCOC1C. The average molecular weight is 252 g/mol. The van der Waals surface area contributed by atoms with E-state index in [0.717, 1.165) is 38.2 Å². The van der Waals surface area contributed by atoms with Gasteiger partial charge in [0.15, 0.2) is 0 Å². The van der Waals surface area contributed by atoms with Crippen LogP contribution in [0.4, 0.5) is 0 Å². The van der Waals surface area contributed by atoms with Crippen LogP contribution in [0, 0.1) is 5.92 Å². The van der Waals surface area contributed by atoms with Crippen molar-refractivity contribution in [3.8, 4) is 0 Å². The molecule has 1 N–H and O–H groups in total. The average Bonchev–Trinajstić information content (AvgIpc) is 2.94. The predicted molar refractivity (Wildman–Crippen MR) is 70.3 cm³/mol. The van der Waals surface area contributed by atoms with Crippen molar-refractivity contribution in [1.82, 2.24) is 20.1 Å². The van der Waals surface area contributed by atoms with Gasteiger partial charge in [0.2, 0.25) is 0 Å². The Morgan fingerprint density at radius 3 is 3.00 bits per heavy atom. The van der Waals surface area contributed by atoms with Crippen molar-refractivity contribution in [3.63, 3.8) is 0 Å². The van der Waals surface area contributed by atoms with E-state index in [4.69, 9.17) is 4.74 Å². The quantitative estimate of drug-likeness (QED) is 0.825. The second-order valence-corrected chi connectivity index (χ2v) is 5.09. The van der Waals surface area contributed by atoms with Crippen molar-refractivity contribution < 1.29 is 4.74 Å². The molecular weight excluding hydrogens is 228 g/mol. The number of hydrogen-bond acceptors (Lipinski definition) is 4. The van der Waals surface area contributed by atoms with E-state index in [1.807, 2.05) is 11.7 Å². The summed E-state index contributed by atoms with van der Waals surface area (Å²) in [6, 6.07) is 0.436. The van der Waals surface area contributed by atoms with Gasteiger partial charge in [0, 0.05) is 32.0 Å². The van der Waals surface area contributed by atoms with E-state index in [9.17, 15) is 0 Å². The molecule has 0 aromatic carbocycles. The fourth-order valence-corrected chi connectivity index (χ4v) is 2.68. The Morgan fingerprint density at radius 1 is 1.61 bits per heavy atom. The maximum atomic E-state index is 5.69. The topological polar surface area (TPSA) is 52.0 Å². The highest BCUT2D eigenvalue weighted by atomic mass is 16.5. The summed E-state index contributed by atoms with van der Waals surface area (Å²) in [5, 5.41) is 7.79. The zero-order chi connectivity index (χ0) is 13.0. The summed E-state index contributed by atoms with van der Waals surface area (Å²) >= 11 is 0. The standard InChI is InChI=1S/C13H24N4O/c1-4-6-14-12(11-5-7-18-10(11)2)8-13-15-9-16-17(13)3/h9-12,14H,4-8H2,1-3H3. The number of ether oxygens (including phenoxy) is 1. The molecule has 1 aromatic heterocycles. The van der Waals surface area contributed by atoms with Gasteiger partial charge in [0.05, 0.1) is 6.10 Å². The van der Waals surface area contributed by atoms with Gasteiger partial charge >= 0.3 is 0 Å². The summed E-state index contributed by atoms with van der Waals surface area (Å²) in [5.74, 6) is 1.62. The molecule has 2 heterocycles. The molecular formula is C13H24N4O. The monoisotopic (exact) mass is 252 g/mol. The number of aryl methyl sites for hydroxylation is 1. The lowest BCUT2D eigenvalue weighted by Crippen LogP contribution is -2.41. The van der Waals surface area contributed by atoms with Gasteiger partial charge in [-0.05, 0) is 26.3 Å². The van der Waals surface area contributed by atoms with Crippen LogP contribution in [0.15, 0.2) is 6.33 Å². The van der Waals surface area contributed by atoms with E-state index in [1.54, 1.807) is 6.33 Å². The molecule has 5 nitrogen and oxygen atoms in total. The third-order valence-corrected chi connectivity index (χ3v) is 3.82. The normalized spacial score (nSPS) is 25.5. The molecule has 1 fully saturated rings. The molecule has 5 heteroatoms. The van der Waals surface area contributed by atoms with Gasteiger partial charge in [-0.3, -0.25) is 4.68 Å². The summed E-state index contributed by atoms with van der Waals surface area (Å²) in [6.45, 7) is 6.30. The van der Waals surface area contributed by atoms with Crippen molar-refractivity contribution in [1.29, 1.82) is 0 Å². The number of nitrogens with zero attached hydrogens (tertiary/aromatic N) is 3. The van der Waals surface area contributed by atoms with Crippen molar-refractivity contribution in [2.45, 2.75) is 45.3 Å². The van der Waals surface area contributed by atoms with Crippen LogP contribution in [0.25, 0.3) is 0 Å². The van der Waals surface area contributed by atoms with Crippen molar-refractivity contribution >= 4 is 0 Å². The van der Waals surface area contributed by atoms with Gasteiger partial charge in [-0.2, -0.15) is 5.10 Å². The summed E-state index contributed by atoms with van der Waals surface area (Å²) in [7, 11) is 1.95. The van der Waals surface area contributed by atoms with E-state index < -0.39 is 0 Å². The lowest BCUT2D eigenvalue weighted by molar-refractivity contribution is 0.0950. The molecule has 0 spiro atoms.